The van der Waals surface area contributed by atoms with Gasteiger partial charge in [-0.25, -0.2) is 0 Å². The van der Waals surface area contributed by atoms with Crippen molar-refractivity contribution in [3.63, 3.8) is 0 Å². The molecule has 0 bridgehead atoms. The summed E-state index contributed by atoms with van der Waals surface area (Å²) in [6.07, 6.45) is 9.73. The Hall–Kier alpha value is -0.120. The molecule has 3 heteroatoms. The highest BCUT2D eigenvalue weighted by Gasteiger charge is 1.96. The maximum absolute atomic E-state index is 5.05. The largest absolute Gasteiger partial charge is 0.383 e. The molecule has 0 atom stereocenters. The number of likely N-dealkylation sites (N-methyl/N-ethyl adjacent to an activating group) is 1. The van der Waals surface area contributed by atoms with Crippen LogP contribution in [0.2, 0.25) is 0 Å². The van der Waals surface area contributed by atoms with Gasteiger partial charge in [-0.1, -0.05) is 45.4 Å². The van der Waals surface area contributed by atoms with Crippen LogP contribution in [0.15, 0.2) is 0 Å². The van der Waals surface area contributed by atoms with E-state index in [1.165, 1.54) is 51.5 Å². The van der Waals surface area contributed by atoms with E-state index in [0.29, 0.717) is 0 Å². The zero-order valence-corrected chi connectivity index (χ0v) is 12.8. The van der Waals surface area contributed by atoms with Gasteiger partial charge in [-0.2, -0.15) is 0 Å². The van der Waals surface area contributed by atoms with Gasteiger partial charge in [0.25, 0.3) is 0 Å². The van der Waals surface area contributed by atoms with Crippen LogP contribution < -0.4 is 5.32 Å². The van der Waals surface area contributed by atoms with Crippen LogP contribution in [0, 0.1) is 0 Å². The van der Waals surface area contributed by atoms with Gasteiger partial charge in [-0.3, -0.25) is 0 Å². The standard InChI is InChI=1S/C15H34N2O/c1-4-5-6-7-8-9-10-11-16-12-13-17(2)14-15-18-3/h16H,4-15H2,1-3H3. The normalized spacial score (nSPS) is 11.3. The Morgan fingerprint density at radius 2 is 1.56 bits per heavy atom. The van der Waals surface area contributed by atoms with E-state index in [2.05, 4.69) is 24.2 Å². The Kier molecular flexibility index (Phi) is 14.8. The molecular formula is C15H34N2O. The number of rotatable bonds is 14. The lowest BCUT2D eigenvalue weighted by Gasteiger charge is -2.16. The van der Waals surface area contributed by atoms with Gasteiger partial charge in [0.05, 0.1) is 6.61 Å². The van der Waals surface area contributed by atoms with Gasteiger partial charge in [0.1, 0.15) is 0 Å². The topological polar surface area (TPSA) is 24.5 Å². The Morgan fingerprint density at radius 3 is 2.22 bits per heavy atom. The molecule has 110 valence electrons. The summed E-state index contributed by atoms with van der Waals surface area (Å²) >= 11 is 0. The second-order valence-electron chi connectivity index (χ2n) is 5.17. The molecule has 0 aliphatic rings. The zero-order valence-electron chi connectivity index (χ0n) is 12.8. The summed E-state index contributed by atoms with van der Waals surface area (Å²) < 4.78 is 5.05. The molecule has 3 nitrogen and oxygen atoms in total. The first-order valence-corrected chi connectivity index (χ1v) is 7.69. The summed E-state index contributed by atoms with van der Waals surface area (Å²) in [4.78, 5) is 2.31. The van der Waals surface area contributed by atoms with Crippen LogP contribution in [0.1, 0.15) is 51.9 Å². The molecule has 18 heavy (non-hydrogen) atoms. The predicted molar refractivity (Wildman–Crippen MR) is 80.2 cm³/mol. The van der Waals surface area contributed by atoms with E-state index in [1.54, 1.807) is 7.11 Å². The average Bonchev–Trinajstić information content (AvgIpc) is 2.38. The summed E-state index contributed by atoms with van der Waals surface area (Å²) in [6, 6.07) is 0. The Bertz CT molecular complexity index is 153. The van der Waals surface area contributed by atoms with Gasteiger partial charge < -0.3 is 15.0 Å². The Balaban J connectivity index is 3.02. The lowest BCUT2D eigenvalue weighted by Crippen LogP contribution is -2.31. The molecule has 0 aliphatic heterocycles. The Labute approximate surface area is 114 Å². The molecule has 0 aromatic carbocycles. The molecule has 0 aliphatic carbocycles. The number of methoxy groups -OCH3 is 1. The van der Waals surface area contributed by atoms with Gasteiger partial charge in [0.15, 0.2) is 0 Å². The van der Waals surface area contributed by atoms with E-state index < -0.39 is 0 Å². The maximum Gasteiger partial charge on any atom is 0.0589 e. The number of nitrogens with one attached hydrogen (secondary N) is 1. The highest BCUT2D eigenvalue weighted by molar-refractivity contribution is 4.55. The van der Waals surface area contributed by atoms with Crippen molar-refractivity contribution in [2.24, 2.45) is 0 Å². The minimum absolute atomic E-state index is 0.828. The zero-order chi connectivity index (χ0) is 13.5. The Morgan fingerprint density at radius 1 is 0.889 bits per heavy atom. The molecule has 0 rings (SSSR count). The molecule has 0 unspecified atom stereocenters. The quantitative estimate of drug-likeness (QED) is 0.485. The van der Waals surface area contributed by atoms with E-state index in [4.69, 9.17) is 4.74 Å². The van der Waals surface area contributed by atoms with Gasteiger partial charge in [0.2, 0.25) is 0 Å². The van der Waals surface area contributed by atoms with Crippen molar-refractivity contribution in [2.75, 3.05) is 46.9 Å². The fraction of sp³-hybridized carbons (Fsp3) is 1.00. The summed E-state index contributed by atoms with van der Waals surface area (Å²) in [5.74, 6) is 0. The maximum atomic E-state index is 5.05. The molecule has 0 fully saturated rings. The van der Waals surface area contributed by atoms with Crippen LogP contribution in [-0.4, -0.2) is 51.8 Å². The summed E-state index contributed by atoms with van der Waals surface area (Å²) in [5, 5.41) is 3.51. The molecule has 0 heterocycles. The van der Waals surface area contributed by atoms with Crippen molar-refractivity contribution < 1.29 is 4.74 Å². The van der Waals surface area contributed by atoms with Gasteiger partial charge in [0, 0.05) is 26.7 Å². The molecule has 0 spiro atoms. The molecule has 0 saturated heterocycles. The lowest BCUT2D eigenvalue weighted by atomic mass is 10.1. The minimum Gasteiger partial charge on any atom is -0.383 e. The number of nitrogens with zero attached hydrogens (tertiary/aromatic N) is 1. The smallest absolute Gasteiger partial charge is 0.0589 e. The van der Waals surface area contributed by atoms with Gasteiger partial charge in [-0.05, 0) is 20.0 Å². The fourth-order valence-electron chi connectivity index (χ4n) is 1.96. The number of hydrogen-bond donors (Lipinski definition) is 1. The van der Waals surface area contributed by atoms with Crippen LogP contribution >= 0.6 is 0 Å². The third-order valence-corrected chi connectivity index (χ3v) is 3.30. The molecule has 0 radical (unpaired) electrons. The molecule has 0 saturated carbocycles. The van der Waals surface area contributed by atoms with Crippen molar-refractivity contribution in [2.45, 2.75) is 51.9 Å². The third-order valence-electron chi connectivity index (χ3n) is 3.30. The predicted octanol–water partition coefficient (Wildman–Crippen LogP) is 2.90. The van der Waals surface area contributed by atoms with E-state index in [9.17, 15) is 0 Å². The first kappa shape index (κ1) is 17.9. The van der Waals surface area contributed by atoms with Crippen LogP contribution in [0.4, 0.5) is 0 Å². The average molecular weight is 258 g/mol. The molecule has 0 aromatic heterocycles. The fourth-order valence-corrected chi connectivity index (χ4v) is 1.96. The first-order chi connectivity index (χ1) is 8.81. The monoisotopic (exact) mass is 258 g/mol. The lowest BCUT2D eigenvalue weighted by molar-refractivity contribution is 0.161. The number of hydrogen-bond acceptors (Lipinski definition) is 3. The molecule has 0 amide bonds. The van der Waals surface area contributed by atoms with E-state index in [0.717, 1.165) is 26.2 Å². The van der Waals surface area contributed by atoms with Gasteiger partial charge >= 0.3 is 0 Å². The van der Waals surface area contributed by atoms with Crippen molar-refractivity contribution >= 4 is 0 Å². The van der Waals surface area contributed by atoms with Crippen LogP contribution in [0.3, 0.4) is 0 Å². The van der Waals surface area contributed by atoms with Crippen LogP contribution in [0.25, 0.3) is 0 Å². The summed E-state index contributed by atoms with van der Waals surface area (Å²) in [5.41, 5.74) is 0. The summed E-state index contributed by atoms with van der Waals surface area (Å²) in [6.45, 7) is 7.50. The van der Waals surface area contributed by atoms with Crippen molar-refractivity contribution in [1.82, 2.24) is 10.2 Å². The molecule has 1 N–H and O–H groups in total. The van der Waals surface area contributed by atoms with Crippen molar-refractivity contribution in [1.29, 1.82) is 0 Å². The van der Waals surface area contributed by atoms with Crippen molar-refractivity contribution in [3.8, 4) is 0 Å². The highest BCUT2D eigenvalue weighted by Crippen LogP contribution is 2.06. The summed E-state index contributed by atoms with van der Waals surface area (Å²) in [7, 11) is 3.90. The second-order valence-corrected chi connectivity index (χ2v) is 5.17. The molecular weight excluding hydrogens is 224 g/mol. The van der Waals surface area contributed by atoms with E-state index >= 15 is 0 Å². The third kappa shape index (κ3) is 13.9. The van der Waals surface area contributed by atoms with Crippen LogP contribution in [0.5, 0.6) is 0 Å². The van der Waals surface area contributed by atoms with E-state index in [1.807, 2.05) is 0 Å². The highest BCUT2D eigenvalue weighted by atomic mass is 16.5. The minimum atomic E-state index is 0.828. The van der Waals surface area contributed by atoms with Crippen molar-refractivity contribution in [3.05, 3.63) is 0 Å². The SMILES string of the molecule is CCCCCCCCCNCCN(C)CCOC. The van der Waals surface area contributed by atoms with Crippen LogP contribution in [-0.2, 0) is 4.74 Å². The molecule has 0 aromatic rings. The number of unbranched alkanes of at least 4 members (excludes halogenated alkanes) is 6. The van der Waals surface area contributed by atoms with E-state index in [-0.39, 0.29) is 0 Å². The van der Waals surface area contributed by atoms with Gasteiger partial charge in [-0.15, -0.1) is 0 Å². The second kappa shape index (κ2) is 14.9. The first-order valence-electron chi connectivity index (χ1n) is 7.69. The number of ether oxygens (including phenoxy) is 1.